The average molecular weight is 551 g/mol. The number of nitrogens with one attached hydrogen (secondary N) is 2. The maximum atomic E-state index is 12.0. The van der Waals surface area contributed by atoms with Crippen molar-refractivity contribution in [3.8, 4) is 5.75 Å². The lowest BCUT2D eigenvalue weighted by atomic mass is 10.1. The van der Waals surface area contributed by atoms with Crippen molar-refractivity contribution < 1.29 is 37.4 Å². The van der Waals surface area contributed by atoms with Crippen LogP contribution in [0.15, 0.2) is 42.5 Å². The van der Waals surface area contributed by atoms with Crippen LogP contribution in [0.4, 0.5) is 10.5 Å². The van der Waals surface area contributed by atoms with Crippen LogP contribution in [0.25, 0.3) is 0 Å². The molecule has 1 atom stereocenters. The van der Waals surface area contributed by atoms with Gasteiger partial charge >= 0.3 is 12.1 Å². The van der Waals surface area contributed by atoms with E-state index in [2.05, 4.69) is 10.6 Å². The number of amides is 2. The highest BCUT2D eigenvalue weighted by molar-refractivity contribution is 7.74. The highest BCUT2D eigenvalue weighted by Gasteiger charge is 2.29. The number of nitrogens with two attached hydrogens (primary N) is 1. The van der Waals surface area contributed by atoms with E-state index in [4.69, 9.17) is 15.2 Å². The van der Waals surface area contributed by atoms with Crippen LogP contribution in [0.2, 0.25) is 0 Å². The molecular weight excluding hydrogens is 516 g/mol. The summed E-state index contributed by atoms with van der Waals surface area (Å²) in [5.74, 6) is -1.09. The highest BCUT2D eigenvalue weighted by atomic mass is 32.2. The summed E-state index contributed by atoms with van der Waals surface area (Å²) in [7, 11) is -3.25. The predicted octanol–water partition coefficient (Wildman–Crippen LogP) is 1.25. The number of carboxylic acid groups (broad SMARTS) is 1. The maximum Gasteiger partial charge on any atom is 0.407 e. The smallest absolute Gasteiger partial charge is 0.407 e. The van der Waals surface area contributed by atoms with E-state index >= 15 is 0 Å². The number of benzene rings is 2. The monoisotopic (exact) mass is 550 g/mol. The molecular formula is C25H34N4O8S. The van der Waals surface area contributed by atoms with Crippen molar-refractivity contribution in [2.24, 2.45) is 5.73 Å². The zero-order chi connectivity index (χ0) is 28.1. The number of thiol groups is 1. The molecule has 0 aliphatic carbocycles. The van der Waals surface area contributed by atoms with E-state index in [0.29, 0.717) is 23.3 Å². The van der Waals surface area contributed by atoms with Gasteiger partial charge in [0.25, 0.3) is 0 Å². The van der Waals surface area contributed by atoms with E-state index < -0.39 is 29.0 Å². The third-order valence-corrected chi connectivity index (χ3v) is 6.25. The number of aliphatic carboxylic acids is 1. The molecule has 0 bridgehead atoms. The summed E-state index contributed by atoms with van der Waals surface area (Å²) >= 11 is 0. The molecule has 38 heavy (non-hydrogen) atoms. The van der Waals surface area contributed by atoms with Crippen molar-refractivity contribution in [3.63, 3.8) is 0 Å². The SMILES string of the molecule is Cc1cc(OCCCC(=O)NCCNC(=O)OCc2ccccc2)cc(C)c1N([C@@H](CN)C(=O)O)[SH](=O)=O. The molecule has 0 fully saturated rings. The van der Waals surface area contributed by atoms with Gasteiger partial charge in [0.05, 0.1) is 12.3 Å². The van der Waals surface area contributed by atoms with Gasteiger partial charge in [-0.25, -0.2) is 18.0 Å². The molecule has 2 aromatic carbocycles. The number of rotatable bonds is 15. The molecule has 0 saturated carbocycles. The summed E-state index contributed by atoms with van der Waals surface area (Å²) in [6.07, 6.45) is 0.0562. The van der Waals surface area contributed by atoms with Crippen molar-refractivity contribution in [3.05, 3.63) is 59.2 Å². The highest BCUT2D eigenvalue weighted by Crippen LogP contribution is 2.31. The Labute approximate surface area is 223 Å². The van der Waals surface area contributed by atoms with Gasteiger partial charge in [0.2, 0.25) is 16.8 Å². The van der Waals surface area contributed by atoms with Gasteiger partial charge in [-0.1, -0.05) is 30.3 Å². The van der Waals surface area contributed by atoms with E-state index in [9.17, 15) is 27.9 Å². The largest absolute Gasteiger partial charge is 0.494 e. The van der Waals surface area contributed by atoms with E-state index in [1.165, 1.54) is 0 Å². The summed E-state index contributed by atoms with van der Waals surface area (Å²) in [6.45, 7) is 3.78. The molecule has 0 saturated heterocycles. The molecule has 0 unspecified atom stereocenters. The first kappa shape index (κ1) is 30.4. The van der Waals surface area contributed by atoms with Crippen LogP contribution in [-0.2, 0) is 31.8 Å². The Bertz CT molecular complexity index is 1140. The van der Waals surface area contributed by atoms with Crippen LogP contribution in [0.1, 0.15) is 29.5 Å². The molecule has 2 rings (SSSR count). The van der Waals surface area contributed by atoms with Gasteiger partial charge in [-0.3, -0.25) is 9.10 Å². The van der Waals surface area contributed by atoms with Crippen LogP contribution in [-0.4, -0.2) is 63.8 Å². The van der Waals surface area contributed by atoms with Crippen molar-refractivity contribution in [1.29, 1.82) is 0 Å². The molecule has 0 aromatic heterocycles. The zero-order valence-corrected chi connectivity index (χ0v) is 22.2. The number of hydrogen-bond acceptors (Lipinski definition) is 8. The molecule has 2 amide bonds. The first-order valence-corrected chi connectivity index (χ1v) is 13.1. The lowest BCUT2D eigenvalue weighted by molar-refractivity contribution is -0.138. The number of aryl methyl sites for hydroxylation is 2. The van der Waals surface area contributed by atoms with E-state index in [0.717, 1.165) is 9.87 Å². The van der Waals surface area contributed by atoms with Gasteiger partial charge in [-0.15, -0.1) is 0 Å². The van der Waals surface area contributed by atoms with Gasteiger partial charge in [-0.2, -0.15) is 0 Å². The summed E-state index contributed by atoms with van der Waals surface area (Å²) < 4.78 is 35.2. The van der Waals surface area contributed by atoms with Gasteiger partial charge in [-0.05, 0) is 49.1 Å². The Morgan fingerprint density at radius 2 is 1.68 bits per heavy atom. The number of ether oxygens (including phenoxy) is 2. The zero-order valence-electron chi connectivity index (χ0n) is 21.3. The van der Waals surface area contributed by atoms with Crippen LogP contribution in [0.3, 0.4) is 0 Å². The lowest BCUT2D eigenvalue weighted by Crippen LogP contribution is -2.46. The molecule has 0 aliphatic rings. The first-order chi connectivity index (χ1) is 18.1. The standard InChI is InChI=1S/C25H34N4O8S/c1-17-13-20(14-18(2)23(17)29(38(34)35)21(15-26)24(31)32)36-12-6-9-22(30)27-10-11-28-25(33)37-16-19-7-4-3-5-8-19/h3-5,7-8,13-14,21,38H,6,9-12,15-16,26H2,1-2H3,(H,27,30)(H,28,33)(H,31,32)/t21-/m0/s1. The van der Waals surface area contributed by atoms with Crippen LogP contribution in [0.5, 0.6) is 5.75 Å². The van der Waals surface area contributed by atoms with E-state index in [-0.39, 0.29) is 50.9 Å². The van der Waals surface area contributed by atoms with Crippen LogP contribution < -0.4 is 25.4 Å². The summed E-state index contributed by atoms with van der Waals surface area (Å²) in [4.78, 5) is 35.2. The average Bonchev–Trinajstić information content (AvgIpc) is 2.87. The number of carbonyl (C=O) groups excluding carboxylic acids is 2. The van der Waals surface area contributed by atoms with E-state index in [1.54, 1.807) is 26.0 Å². The molecule has 0 aliphatic heterocycles. The molecule has 0 radical (unpaired) electrons. The number of nitrogens with zero attached hydrogens (tertiary/aromatic N) is 1. The maximum absolute atomic E-state index is 12.0. The van der Waals surface area contributed by atoms with Crippen molar-refractivity contribution in [2.45, 2.75) is 39.3 Å². The lowest BCUT2D eigenvalue weighted by Gasteiger charge is -2.27. The minimum Gasteiger partial charge on any atom is -0.494 e. The Kier molecular flexibility index (Phi) is 12.3. The van der Waals surface area contributed by atoms with Crippen LogP contribution >= 0.6 is 0 Å². The van der Waals surface area contributed by atoms with Crippen molar-refractivity contribution >= 4 is 34.5 Å². The minimum absolute atomic E-state index is 0.161. The fourth-order valence-electron chi connectivity index (χ4n) is 3.67. The summed E-state index contributed by atoms with van der Waals surface area (Å²) in [5.41, 5.74) is 7.62. The molecule has 0 heterocycles. The van der Waals surface area contributed by atoms with E-state index in [1.807, 2.05) is 30.3 Å². The Morgan fingerprint density at radius 1 is 1.05 bits per heavy atom. The predicted molar refractivity (Wildman–Crippen MR) is 142 cm³/mol. The Hall–Kier alpha value is -3.84. The number of carboxylic acids is 1. The molecule has 5 N–H and O–H groups in total. The first-order valence-electron chi connectivity index (χ1n) is 12.0. The topological polar surface area (TPSA) is 177 Å². The van der Waals surface area contributed by atoms with Gasteiger partial charge in [0, 0.05) is 26.1 Å². The third-order valence-electron chi connectivity index (χ3n) is 5.42. The third kappa shape index (κ3) is 9.56. The summed E-state index contributed by atoms with van der Waals surface area (Å²) in [5, 5.41) is 14.6. The molecule has 12 nitrogen and oxygen atoms in total. The molecule has 2 aromatic rings. The van der Waals surface area contributed by atoms with Gasteiger partial charge in [0.1, 0.15) is 12.4 Å². The molecule has 0 spiro atoms. The fraction of sp³-hybridized carbons (Fsp3) is 0.400. The Morgan fingerprint density at radius 3 is 2.26 bits per heavy atom. The molecule has 13 heteroatoms. The van der Waals surface area contributed by atoms with Crippen molar-refractivity contribution in [1.82, 2.24) is 10.6 Å². The number of alkyl carbamates (subject to hydrolysis) is 1. The van der Waals surface area contributed by atoms with Crippen LogP contribution in [0, 0.1) is 13.8 Å². The minimum atomic E-state index is -3.25. The molecule has 208 valence electrons. The number of carbonyl (C=O) groups is 3. The number of anilines is 1. The van der Waals surface area contributed by atoms with Gasteiger partial charge in [0.15, 0.2) is 6.04 Å². The summed E-state index contributed by atoms with van der Waals surface area (Å²) in [6, 6.07) is 11.1. The Balaban J connectivity index is 1.73. The second-order valence-electron chi connectivity index (χ2n) is 8.37. The quantitative estimate of drug-likeness (QED) is 0.161. The van der Waals surface area contributed by atoms with Gasteiger partial charge < -0.3 is 30.9 Å². The van der Waals surface area contributed by atoms with Crippen molar-refractivity contribution in [2.75, 3.05) is 30.5 Å². The second-order valence-corrected chi connectivity index (χ2v) is 9.27. The normalized spacial score (nSPS) is 11.5. The fourth-order valence-corrected chi connectivity index (χ4v) is 4.57. The second kappa shape index (κ2) is 15.4. The number of hydrogen-bond donors (Lipinski definition) is 5.